The number of aliphatic hydroxyl groups is 1. The Balaban J connectivity index is 2.23. The first-order valence-corrected chi connectivity index (χ1v) is 13.7. The number of rotatable bonds is 7. The number of aliphatic hydroxyl groups excluding tert-OH is 1. The summed E-state index contributed by atoms with van der Waals surface area (Å²) in [5.41, 5.74) is 0.0978. The van der Waals surface area contributed by atoms with Crippen molar-refractivity contribution in [1.29, 1.82) is 0 Å². The minimum atomic E-state index is -2.06. The molecule has 0 spiro atoms. The number of benzene rings is 1. The Labute approximate surface area is 194 Å². The molecule has 3 atom stereocenters. The monoisotopic (exact) mass is 491 g/mol. The van der Waals surface area contributed by atoms with Crippen LogP contribution < -0.4 is 0 Å². The first-order chi connectivity index (χ1) is 14.0. The smallest absolute Gasteiger partial charge is 0.278 e. The van der Waals surface area contributed by atoms with Crippen LogP contribution in [0, 0.1) is 10.1 Å². The Bertz CT molecular complexity index is 853. The van der Waals surface area contributed by atoms with Gasteiger partial charge in [-0.2, -0.15) is 0 Å². The quantitative estimate of drug-likeness (QED) is 0.293. The number of nitro benzene ring substituents is 1. The van der Waals surface area contributed by atoms with Crippen LogP contribution in [0.5, 0.6) is 0 Å². The van der Waals surface area contributed by atoms with E-state index in [0.717, 1.165) is 0 Å². The van der Waals surface area contributed by atoms with Crippen LogP contribution in [0.4, 0.5) is 5.69 Å². The number of nitro groups is 1. The first-order valence-electron chi connectivity index (χ1n) is 10.0. The fourth-order valence-electron chi connectivity index (χ4n) is 2.91. The maximum atomic E-state index is 11.4. The SMILES string of the molecule is CC1(C)O[C@H]([C@H](O)CO[Si](C)(C)C(C)(C)C)[C@H](/C=C/c2cc(Cl)c(Cl)cc2[N+](=O)[O-])O1. The average molecular weight is 492 g/mol. The van der Waals surface area contributed by atoms with Gasteiger partial charge in [0.15, 0.2) is 14.1 Å². The summed E-state index contributed by atoms with van der Waals surface area (Å²) in [5, 5.41) is 22.5. The molecule has 7 nitrogen and oxygen atoms in total. The molecule has 0 bridgehead atoms. The Hall–Kier alpha value is -1.00. The normalized spacial score (nSPS) is 22.8. The van der Waals surface area contributed by atoms with Crippen molar-refractivity contribution in [3.8, 4) is 0 Å². The fourth-order valence-corrected chi connectivity index (χ4v) is 4.26. The van der Waals surface area contributed by atoms with E-state index in [9.17, 15) is 15.2 Å². The minimum Gasteiger partial charge on any atom is -0.414 e. The average Bonchev–Trinajstić information content (AvgIpc) is 2.94. The molecule has 10 heteroatoms. The van der Waals surface area contributed by atoms with Gasteiger partial charge < -0.3 is 19.0 Å². The van der Waals surface area contributed by atoms with E-state index in [0.29, 0.717) is 0 Å². The highest BCUT2D eigenvalue weighted by molar-refractivity contribution is 6.74. The lowest BCUT2D eigenvalue weighted by atomic mass is 10.1. The predicted molar refractivity (Wildman–Crippen MR) is 125 cm³/mol. The minimum absolute atomic E-state index is 0.00507. The molecule has 174 valence electrons. The maximum Gasteiger partial charge on any atom is 0.278 e. The van der Waals surface area contributed by atoms with E-state index in [-0.39, 0.29) is 32.9 Å². The van der Waals surface area contributed by atoms with Gasteiger partial charge in [-0.3, -0.25) is 10.1 Å². The highest BCUT2D eigenvalue weighted by atomic mass is 35.5. The number of ether oxygens (including phenoxy) is 2. The highest BCUT2D eigenvalue weighted by Gasteiger charge is 2.45. The third kappa shape index (κ3) is 6.51. The van der Waals surface area contributed by atoms with Crippen molar-refractivity contribution in [2.24, 2.45) is 0 Å². The van der Waals surface area contributed by atoms with Crippen molar-refractivity contribution in [2.75, 3.05) is 6.61 Å². The van der Waals surface area contributed by atoms with Crippen molar-refractivity contribution in [3.63, 3.8) is 0 Å². The maximum absolute atomic E-state index is 11.4. The lowest BCUT2D eigenvalue weighted by molar-refractivity contribution is -0.385. The van der Waals surface area contributed by atoms with Crippen molar-refractivity contribution < 1.29 is 23.9 Å². The fraction of sp³-hybridized carbons (Fsp3) is 0.619. The van der Waals surface area contributed by atoms with Crippen LogP contribution in [0.3, 0.4) is 0 Å². The van der Waals surface area contributed by atoms with Crippen LogP contribution in [0.1, 0.15) is 40.2 Å². The summed E-state index contributed by atoms with van der Waals surface area (Å²) < 4.78 is 18.0. The lowest BCUT2D eigenvalue weighted by Gasteiger charge is -2.37. The van der Waals surface area contributed by atoms with Gasteiger partial charge in [-0.1, -0.05) is 50.0 Å². The van der Waals surface area contributed by atoms with Gasteiger partial charge in [-0.15, -0.1) is 0 Å². The molecule has 1 aromatic rings. The largest absolute Gasteiger partial charge is 0.414 e. The van der Waals surface area contributed by atoms with Crippen LogP contribution in [-0.4, -0.2) is 49.1 Å². The molecular formula is C21H31Cl2NO6Si. The summed E-state index contributed by atoms with van der Waals surface area (Å²) in [7, 11) is -2.06. The van der Waals surface area contributed by atoms with E-state index in [4.69, 9.17) is 37.1 Å². The van der Waals surface area contributed by atoms with Crippen LogP contribution in [0.2, 0.25) is 28.2 Å². The Morgan fingerprint density at radius 2 is 1.87 bits per heavy atom. The standard InChI is InChI=1S/C21H31Cl2NO6Si/c1-20(2,3)31(6,7)28-12-17(25)19-18(29-21(4,5)30-19)9-8-13-10-14(22)15(23)11-16(13)24(26)27/h8-11,17-19,25H,12H2,1-7H3/b9-8+/t17-,18+,19-/m1/s1. The van der Waals surface area contributed by atoms with Gasteiger partial charge in [0.05, 0.1) is 27.1 Å². The summed E-state index contributed by atoms with van der Waals surface area (Å²) >= 11 is 11.9. The highest BCUT2D eigenvalue weighted by Crippen LogP contribution is 2.38. The molecule has 1 N–H and O–H groups in total. The van der Waals surface area contributed by atoms with E-state index in [2.05, 4.69) is 33.9 Å². The molecule has 2 rings (SSSR count). The van der Waals surface area contributed by atoms with E-state index in [1.54, 1.807) is 19.9 Å². The number of nitrogens with zero attached hydrogens (tertiary/aromatic N) is 1. The van der Waals surface area contributed by atoms with Crippen LogP contribution in [0.25, 0.3) is 6.08 Å². The molecule has 0 aromatic heterocycles. The Kier molecular flexibility index (Phi) is 8.02. The molecule has 0 unspecified atom stereocenters. The van der Waals surface area contributed by atoms with Gasteiger partial charge >= 0.3 is 0 Å². The van der Waals surface area contributed by atoms with Gasteiger partial charge in [0.1, 0.15) is 18.3 Å². The third-order valence-electron chi connectivity index (χ3n) is 5.70. The molecule has 1 aromatic carbocycles. The van der Waals surface area contributed by atoms with E-state index >= 15 is 0 Å². The summed E-state index contributed by atoms with van der Waals surface area (Å²) in [4.78, 5) is 10.8. The Morgan fingerprint density at radius 3 is 2.42 bits per heavy atom. The molecule has 1 saturated heterocycles. The summed E-state index contributed by atoms with van der Waals surface area (Å²) in [6, 6.07) is 2.63. The zero-order valence-electron chi connectivity index (χ0n) is 18.9. The Morgan fingerprint density at radius 1 is 1.29 bits per heavy atom. The number of hydrogen-bond donors (Lipinski definition) is 1. The van der Waals surface area contributed by atoms with Crippen molar-refractivity contribution in [1.82, 2.24) is 0 Å². The second kappa shape index (κ2) is 9.47. The van der Waals surface area contributed by atoms with E-state index in [1.807, 2.05) is 0 Å². The van der Waals surface area contributed by atoms with Crippen LogP contribution in [0.15, 0.2) is 18.2 Å². The summed E-state index contributed by atoms with van der Waals surface area (Å²) in [6.07, 6.45) is 0.889. The zero-order chi connectivity index (χ0) is 23.8. The molecule has 0 amide bonds. The van der Waals surface area contributed by atoms with Crippen molar-refractivity contribution >= 4 is 43.3 Å². The van der Waals surface area contributed by atoms with Gasteiger partial charge in [0, 0.05) is 6.07 Å². The third-order valence-corrected chi connectivity index (χ3v) is 10.9. The topological polar surface area (TPSA) is 91.1 Å². The molecule has 0 aliphatic carbocycles. The molecule has 1 aliphatic heterocycles. The van der Waals surface area contributed by atoms with E-state index < -0.39 is 37.3 Å². The van der Waals surface area contributed by atoms with Crippen molar-refractivity contribution in [2.45, 2.75) is 76.8 Å². The molecule has 0 saturated carbocycles. The molecular weight excluding hydrogens is 461 g/mol. The first kappa shape index (κ1) is 26.3. The van der Waals surface area contributed by atoms with Gasteiger partial charge in [-0.05, 0) is 44.1 Å². The number of hydrogen-bond acceptors (Lipinski definition) is 6. The molecule has 1 fully saturated rings. The predicted octanol–water partition coefficient (Wildman–Crippen LogP) is 5.82. The molecule has 1 heterocycles. The zero-order valence-corrected chi connectivity index (χ0v) is 21.5. The summed E-state index contributed by atoms with van der Waals surface area (Å²) in [5.74, 6) is -0.929. The summed E-state index contributed by atoms with van der Waals surface area (Å²) in [6.45, 7) is 14.2. The van der Waals surface area contributed by atoms with Gasteiger partial charge in [0.25, 0.3) is 5.69 Å². The second-order valence-corrected chi connectivity index (χ2v) is 15.3. The molecule has 0 radical (unpaired) electrons. The lowest BCUT2D eigenvalue weighted by Crippen LogP contribution is -2.46. The second-order valence-electron chi connectivity index (χ2n) is 9.64. The van der Waals surface area contributed by atoms with Crippen LogP contribution in [-0.2, 0) is 13.9 Å². The van der Waals surface area contributed by atoms with E-state index in [1.165, 1.54) is 18.2 Å². The molecule has 1 aliphatic rings. The van der Waals surface area contributed by atoms with Crippen molar-refractivity contribution in [3.05, 3.63) is 43.9 Å². The number of halogens is 2. The molecule has 31 heavy (non-hydrogen) atoms. The van der Waals surface area contributed by atoms with Crippen LogP contribution >= 0.6 is 23.2 Å². The van der Waals surface area contributed by atoms with Gasteiger partial charge in [0.2, 0.25) is 0 Å². The van der Waals surface area contributed by atoms with Gasteiger partial charge in [-0.25, -0.2) is 0 Å².